The fraction of sp³-hybridized carbons (Fsp3) is 0.483. The third-order valence-corrected chi connectivity index (χ3v) is 6.43. The van der Waals surface area contributed by atoms with Gasteiger partial charge in [-0.2, -0.15) is 11.8 Å². The Balaban J connectivity index is 2.46. The minimum Gasteiger partial charge on any atom is -0.508 e. The zero-order valence-corrected chi connectivity index (χ0v) is 24.2. The van der Waals surface area contributed by atoms with Gasteiger partial charge in [0.1, 0.15) is 23.4 Å². The fourth-order valence-electron chi connectivity index (χ4n) is 3.97. The first-order valence-electron chi connectivity index (χ1n) is 12.8. The molecule has 0 heterocycles. The molecule has 2 unspecified atom stereocenters. The SMILES string of the molecule is CSCCC(NC(=O)OC(C)(C)C)C(=O)N(C(C)C)C(C(=O)NCc1ccccc1)c1ccc(O)c(C)c1. The molecule has 3 amide bonds. The Bertz CT molecular complexity index is 1090. The third kappa shape index (κ3) is 9.28. The number of ether oxygens (including phenoxy) is 1. The van der Waals surface area contributed by atoms with Crippen LogP contribution in [0, 0.1) is 6.92 Å². The number of rotatable bonds is 11. The van der Waals surface area contributed by atoms with E-state index < -0.39 is 23.8 Å². The van der Waals surface area contributed by atoms with Gasteiger partial charge in [-0.25, -0.2) is 4.79 Å². The normalized spacial score (nSPS) is 12.9. The quantitative estimate of drug-likeness (QED) is 0.371. The van der Waals surface area contributed by atoms with Gasteiger partial charge in [-0.05, 0) is 88.8 Å². The number of carbonyl (C=O) groups is 3. The lowest BCUT2D eigenvalue weighted by Gasteiger charge is -2.37. The summed E-state index contributed by atoms with van der Waals surface area (Å²) in [4.78, 5) is 41.9. The molecule has 2 atom stereocenters. The highest BCUT2D eigenvalue weighted by Crippen LogP contribution is 2.29. The Hall–Kier alpha value is -3.20. The van der Waals surface area contributed by atoms with Crippen LogP contribution in [0.15, 0.2) is 48.5 Å². The largest absolute Gasteiger partial charge is 0.508 e. The Kier molecular flexibility index (Phi) is 11.5. The summed E-state index contributed by atoms with van der Waals surface area (Å²) < 4.78 is 5.41. The molecule has 0 saturated carbocycles. The third-order valence-electron chi connectivity index (χ3n) is 5.78. The van der Waals surface area contributed by atoms with E-state index in [1.54, 1.807) is 51.6 Å². The molecule has 38 heavy (non-hydrogen) atoms. The van der Waals surface area contributed by atoms with Crippen molar-refractivity contribution in [2.45, 2.75) is 78.2 Å². The zero-order valence-electron chi connectivity index (χ0n) is 23.4. The molecule has 0 saturated heterocycles. The number of nitrogens with one attached hydrogen (secondary N) is 2. The zero-order chi connectivity index (χ0) is 28.5. The number of hydrogen-bond donors (Lipinski definition) is 3. The maximum atomic E-state index is 14.1. The van der Waals surface area contributed by atoms with Crippen molar-refractivity contribution in [3.05, 3.63) is 65.2 Å². The summed E-state index contributed by atoms with van der Waals surface area (Å²) in [5, 5.41) is 15.8. The van der Waals surface area contributed by atoms with E-state index in [0.717, 1.165) is 5.56 Å². The number of thioether (sulfide) groups is 1. The Morgan fingerprint density at radius 1 is 1.08 bits per heavy atom. The summed E-state index contributed by atoms with van der Waals surface area (Å²) in [7, 11) is 0. The number of aryl methyl sites for hydroxylation is 1. The number of hydrogen-bond acceptors (Lipinski definition) is 6. The van der Waals surface area contributed by atoms with Gasteiger partial charge >= 0.3 is 6.09 Å². The van der Waals surface area contributed by atoms with E-state index >= 15 is 0 Å². The number of carbonyl (C=O) groups excluding carboxylic acids is 3. The minimum absolute atomic E-state index is 0.101. The maximum absolute atomic E-state index is 14.1. The molecule has 2 rings (SSSR count). The standard InChI is InChI=1S/C29H41N3O5S/c1-19(2)32(27(35)23(15-16-38-7)31-28(36)37-29(4,5)6)25(22-13-14-24(33)20(3)17-22)26(34)30-18-21-11-9-8-10-12-21/h8-14,17,19,23,25,33H,15-16,18H2,1-7H3,(H,30,34)(H,31,36). The van der Waals surface area contributed by atoms with Crippen LogP contribution in [0.5, 0.6) is 5.75 Å². The molecule has 0 radical (unpaired) electrons. The van der Waals surface area contributed by atoms with Gasteiger partial charge in [0.2, 0.25) is 11.8 Å². The number of amides is 3. The number of alkyl carbamates (subject to hydrolysis) is 1. The smallest absolute Gasteiger partial charge is 0.408 e. The second kappa shape index (κ2) is 14.1. The molecule has 9 heteroatoms. The van der Waals surface area contributed by atoms with Gasteiger partial charge in [0.15, 0.2) is 0 Å². The lowest BCUT2D eigenvalue weighted by atomic mass is 9.98. The molecule has 0 spiro atoms. The topological polar surface area (TPSA) is 108 Å². The minimum atomic E-state index is -0.984. The first-order valence-corrected chi connectivity index (χ1v) is 14.1. The summed E-state index contributed by atoms with van der Waals surface area (Å²) in [6.07, 6.45) is 1.61. The van der Waals surface area contributed by atoms with E-state index in [1.807, 2.05) is 50.4 Å². The molecule has 3 N–H and O–H groups in total. The number of phenolic OH excluding ortho intramolecular Hbond substituents is 1. The van der Waals surface area contributed by atoms with Crippen LogP contribution in [-0.2, 0) is 20.9 Å². The second-order valence-electron chi connectivity index (χ2n) is 10.5. The highest BCUT2D eigenvalue weighted by Gasteiger charge is 2.37. The van der Waals surface area contributed by atoms with E-state index in [4.69, 9.17) is 4.74 Å². The van der Waals surface area contributed by atoms with Crippen molar-refractivity contribution in [3.8, 4) is 5.75 Å². The number of phenols is 1. The first kappa shape index (κ1) is 31.0. The molecule has 0 aromatic heterocycles. The lowest BCUT2D eigenvalue weighted by Crippen LogP contribution is -2.55. The molecule has 0 bridgehead atoms. The van der Waals surface area contributed by atoms with Crippen molar-refractivity contribution in [1.29, 1.82) is 0 Å². The van der Waals surface area contributed by atoms with E-state index in [9.17, 15) is 19.5 Å². The predicted molar refractivity (Wildman–Crippen MR) is 152 cm³/mol. The van der Waals surface area contributed by atoms with Gasteiger partial charge in [0.25, 0.3) is 0 Å². The van der Waals surface area contributed by atoms with Gasteiger partial charge in [-0.15, -0.1) is 0 Å². The van der Waals surface area contributed by atoms with Crippen LogP contribution < -0.4 is 10.6 Å². The van der Waals surface area contributed by atoms with Crippen molar-refractivity contribution in [1.82, 2.24) is 15.5 Å². The van der Waals surface area contributed by atoms with E-state index in [0.29, 0.717) is 29.8 Å². The second-order valence-corrected chi connectivity index (χ2v) is 11.5. The molecular weight excluding hydrogens is 502 g/mol. The van der Waals surface area contributed by atoms with Crippen LogP contribution >= 0.6 is 11.8 Å². The Labute approximate surface area is 230 Å². The molecule has 0 fully saturated rings. The van der Waals surface area contributed by atoms with Crippen LogP contribution in [0.4, 0.5) is 4.79 Å². The predicted octanol–water partition coefficient (Wildman–Crippen LogP) is 4.94. The van der Waals surface area contributed by atoms with Crippen LogP contribution in [0.25, 0.3) is 0 Å². The fourth-order valence-corrected chi connectivity index (χ4v) is 4.44. The van der Waals surface area contributed by atoms with Gasteiger partial charge in [-0.3, -0.25) is 9.59 Å². The molecule has 8 nitrogen and oxygen atoms in total. The van der Waals surface area contributed by atoms with Crippen molar-refractivity contribution in [2.75, 3.05) is 12.0 Å². The summed E-state index contributed by atoms with van der Waals surface area (Å²) in [5.74, 6) is -0.0159. The molecule has 208 valence electrons. The average molecular weight is 544 g/mol. The van der Waals surface area contributed by atoms with Crippen molar-refractivity contribution in [2.24, 2.45) is 0 Å². The van der Waals surface area contributed by atoms with Gasteiger partial charge in [0, 0.05) is 12.6 Å². The molecule has 2 aromatic carbocycles. The molecule has 0 aliphatic rings. The van der Waals surface area contributed by atoms with Gasteiger partial charge in [-0.1, -0.05) is 36.4 Å². The van der Waals surface area contributed by atoms with Gasteiger partial charge in [0.05, 0.1) is 0 Å². The van der Waals surface area contributed by atoms with Gasteiger partial charge < -0.3 is 25.4 Å². The maximum Gasteiger partial charge on any atom is 0.408 e. The Morgan fingerprint density at radius 2 is 1.74 bits per heavy atom. The number of benzene rings is 2. The molecular formula is C29H41N3O5S. The summed E-state index contributed by atoms with van der Waals surface area (Å²) in [6.45, 7) is 11.0. The first-order chi connectivity index (χ1) is 17.8. The summed E-state index contributed by atoms with van der Waals surface area (Å²) in [5.41, 5.74) is 1.35. The summed E-state index contributed by atoms with van der Waals surface area (Å²) >= 11 is 1.56. The molecule has 0 aliphatic carbocycles. The number of nitrogens with zero attached hydrogens (tertiary/aromatic N) is 1. The molecule has 0 aliphatic heterocycles. The Morgan fingerprint density at radius 3 is 2.29 bits per heavy atom. The molecule has 2 aromatic rings. The van der Waals surface area contributed by atoms with E-state index in [-0.39, 0.29) is 23.6 Å². The lowest BCUT2D eigenvalue weighted by molar-refractivity contribution is -0.144. The van der Waals surface area contributed by atoms with Crippen LogP contribution in [0.1, 0.15) is 63.8 Å². The van der Waals surface area contributed by atoms with Crippen LogP contribution in [0.3, 0.4) is 0 Å². The van der Waals surface area contributed by atoms with Crippen LogP contribution in [-0.4, -0.2) is 57.6 Å². The van der Waals surface area contributed by atoms with E-state index in [1.165, 1.54) is 11.0 Å². The average Bonchev–Trinajstić information content (AvgIpc) is 2.84. The highest BCUT2D eigenvalue weighted by atomic mass is 32.2. The monoisotopic (exact) mass is 543 g/mol. The van der Waals surface area contributed by atoms with Crippen LogP contribution in [0.2, 0.25) is 0 Å². The summed E-state index contributed by atoms with van der Waals surface area (Å²) in [6, 6.07) is 12.2. The van der Waals surface area contributed by atoms with Crippen molar-refractivity contribution >= 4 is 29.7 Å². The highest BCUT2D eigenvalue weighted by molar-refractivity contribution is 7.98. The number of aromatic hydroxyl groups is 1. The van der Waals surface area contributed by atoms with Crippen molar-refractivity contribution < 1.29 is 24.2 Å². The van der Waals surface area contributed by atoms with E-state index in [2.05, 4.69) is 10.6 Å². The van der Waals surface area contributed by atoms with Crippen molar-refractivity contribution in [3.63, 3.8) is 0 Å².